The van der Waals surface area contributed by atoms with Gasteiger partial charge in [-0.2, -0.15) is 0 Å². The van der Waals surface area contributed by atoms with Crippen LogP contribution in [0.3, 0.4) is 0 Å². The molecule has 0 aliphatic rings. The lowest BCUT2D eigenvalue weighted by atomic mass is 10.1. The van der Waals surface area contributed by atoms with Crippen molar-refractivity contribution in [1.82, 2.24) is 9.97 Å². The Balaban J connectivity index is 2.21. The van der Waals surface area contributed by atoms with E-state index in [0.29, 0.717) is 11.7 Å². The minimum Gasteiger partial charge on any atom is -0.493 e. The molecule has 0 spiro atoms. The summed E-state index contributed by atoms with van der Waals surface area (Å²) < 4.78 is 10.6. The summed E-state index contributed by atoms with van der Waals surface area (Å²) in [6, 6.07) is 7.87. The quantitative estimate of drug-likeness (QED) is 0.914. The molecule has 1 N–H and O–H groups in total. The Labute approximate surface area is 125 Å². The Kier molecular flexibility index (Phi) is 4.62. The molecule has 1 aromatic heterocycles. The molecule has 2 aromatic rings. The normalized spacial score (nSPS) is 11.9. The fraction of sp³-hybridized carbons (Fsp3) is 0.375. The van der Waals surface area contributed by atoms with E-state index in [9.17, 15) is 0 Å². The molecule has 0 saturated heterocycles. The molecule has 0 radical (unpaired) electrons. The van der Waals surface area contributed by atoms with E-state index >= 15 is 0 Å². The molecule has 0 aliphatic carbocycles. The maximum absolute atomic E-state index is 5.33. The van der Waals surface area contributed by atoms with Crippen molar-refractivity contribution in [3.05, 3.63) is 41.2 Å². The lowest BCUT2D eigenvalue weighted by molar-refractivity contribution is 0.354. The predicted octanol–water partition coefficient (Wildman–Crippen LogP) is 3.28. The van der Waals surface area contributed by atoms with E-state index in [-0.39, 0.29) is 6.04 Å². The summed E-state index contributed by atoms with van der Waals surface area (Å²) in [7, 11) is 3.26. The van der Waals surface area contributed by atoms with Gasteiger partial charge in [0.2, 0.25) is 5.95 Å². The van der Waals surface area contributed by atoms with Crippen LogP contribution in [-0.2, 0) is 0 Å². The van der Waals surface area contributed by atoms with E-state index in [0.717, 1.165) is 22.7 Å². The zero-order valence-corrected chi connectivity index (χ0v) is 13.1. The molecule has 1 heterocycles. The molecule has 0 fully saturated rings. The maximum atomic E-state index is 5.33. The van der Waals surface area contributed by atoms with Crippen LogP contribution in [0.2, 0.25) is 0 Å². The summed E-state index contributed by atoms with van der Waals surface area (Å²) >= 11 is 0. The van der Waals surface area contributed by atoms with Gasteiger partial charge in [0.15, 0.2) is 11.5 Å². The van der Waals surface area contributed by atoms with Crippen LogP contribution in [0.25, 0.3) is 0 Å². The minimum absolute atomic E-state index is 0.0611. The zero-order valence-electron chi connectivity index (χ0n) is 13.1. The van der Waals surface area contributed by atoms with Crippen molar-refractivity contribution in [3.8, 4) is 11.5 Å². The molecular weight excluding hydrogens is 266 g/mol. The van der Waals surface area contributed by atoms with Crippen molar-refractivity contribution in [2.45, 2.75) is 26.8 Å². The standard InChI is InChI=1S/C16H21N3O2/c1-10-8-11(2)18-16(17-10)19-12(3)13-6-7-14(20-4)15(9-13)21-5/h6-9,12H,1-5H3,(H,17,18,19). The summed E-state index contributed by atoms with van der Waals surface area (Å²) in [4.78, 5) is 8.80. The number of rotatable bonds is 5. The van der Waals surface area contributed by atoms with E-state index in [1.807, 2.05) is 38.1 Å². The van der Waals surface area contributed by atoms with Crippen LogP contribution in [0.15, 0.2) is 24.3 Å². The SMILES string of the molecule is COc1ccc(C(C)Nc2nc(C)cc(C)n2)cc1OC. The monoisotopic (exact) mass is 287 g/mol. The molecule has 2 rings (SSSR count). The Morgan fingerprint density at radius 1 is 0.952 bits per heavy atom. The molecule has 112 valence electrons. The van der Waals surface area contributed by atoms with Gasteiger partial charge in [0.25, 0.3) is 0 Å². The molecule has 1 unspecified atom stereocenters. The van der Waals surface area contributed by atoms with Crippen LogP contribution < -0.4 is 14.8 Å². The van der Waals surface area contributed by atoms with Gasteiger partial charge in [-0.05, 0) is 44.5 Å². The first-order valence-corrected chi connectivity index (χ1v) is 6.84. The predicted molar refractivity (Wildman–Crippen MR) is 83.1 cm³/mol. The number of anilines is 1. The maximum Gasteiger partial charge on any atom is 0.223 e. The van der Waals surface area contributed by atoms with E-state index in [1.165, 1.54) is 0 Å². The molecule has 5 heteroatoms. The van der Waals surface area contributed by atoms with Gasteiger partial charge in [-0.25, -0.2) is 9.97 Å². The van der Waals surface area contributed by atoms with E-state index in [2.05, 4.69) is 22.2 Å². The summed E-state index contributed by atoms with van der Waals surface area (Å²) in [6.45, 7) is 5.98. The first-order chi connectivity index (χ1) is 10.0. The number of nitrogens with zero attached hydrogens (tertiary/aromatic N) is 2. The first-order valence-electron chi connectivity index (χ1n) is 6.84. The average Bonchev–Trinajstić information content (AvgIpc) is 2.45. The van der Waals surface area contributed by atoms with Crippen molar-refractivity contribution >= 4 is 5.95 Å². The molecule has 21 heavy (non-hydrogen) atoms. The van der Waals surface area contributed by atoms with Gasteiger partial charge in [-0.3, -0.25) is 0 Å². The molecule has 0 aliphatic heterocycles. The number of ether oxygens (including phenoxy) is 2. The lowest BCUT2D eigenvalue weighted by Gasteiger charge is -2.17. The van der Waals surface area contributed by atoms with Crippen LogP contribution in [0, 0.1) is 13.8 Å². The van der Waals surface area contributed by atoms with E-state index in [4.69, 9.17) is 9.47 Å². The minimum atomic E-state index is 0.0611. The van der Waals surface area contributed by atoms with Crippen molar-refractivity contribution < 1.29 is 9.47 Å². The number of methoxy groups -OCH3 is 2. The molecule has 1 aromatic carbocycles. The zero-order chi connectivity index (χ0) is 15.4. The molecule has 5 nitrogen and oxygen atoms in total. The van der Waals surface area contributed by atoms with Crippen molar-refractivity contribution in [1.29, 1.82) is 0 Å². The highest BCUT2D eigenvalue weighted by atomic mass is 16.5. The molecule has 0 saturated carbocycles. The first kappa shape index (κ1) is 15.1. The van der Waals surface area contributed by atoms with Crippen molar-refractivity contribution in [3.63, 3.8) is 0 Å². The van der Waals surface area contributed by atoms with Gasteiger partial charge in [-0.1, -0.05) is 6.07 Å². The van der Waals surface area contributed by atoms with Gasteiger partial charge in [0, 0.05) is 11.4 Å². The highest BCUT2D eigenvalue weighted by Gasteiger charge is 2.11. The Hall–Kier alpha value is -2.30. The highest BCUT2D eigenvalue weighted by molar-refractivity contribution is 5.45. The highest BCUT2D eigenvalue weighted by Crippen LogP contribution is 2.30. The third-order valence-corrected chi connectivity index (χ3v) is 3.24. The van der Waals surface area contributed by atoms with Gasteiger partial charge in [-0.15, -0.1) is 0 Å². The number of hydrogen-bond donors (Lipinski definition) is 1. The van der Waals surface area contributed by atoms with Crippen LogP contribution in [0.4, 0.5) is 5.95 Å². The third-order valence-electron chi connectivity index (χ3n) is 3.24. The van der Waals surface area contributed by atoms with Crippen LogP contribution in [0.5, 0.6) is 11.5 Å². The molecule has 0 bridgehead atoms. The second-order valence-corrected chi connectivity index (χ2v) is 4.95. The fourth-order valence-corrected chi connectivity index (χ4v) is 2.19. The molecule has 0 amide bonds. The summed E-state index contributed by atoms with van der Waals surface area (Å²) in [5.41, 5.74) is 2.98. The Bertz CT molecular complexity index is 609. The number of hydrogen-bond acceptors (Lipinski definition) is 5. The molecule has 1 atom stereocenters. The second kappa shape index (κ2) is 6.43. The average molecular weight is 287 g/mol. The van der Waals surface area contributed by atoms with Crippen LogP contribution >= 0.6 is 0 Å². The summed E-state index contributed by atoms with van der Waals surface area (Å²) in [5.74, 6) is 2.07. The Morgan fingerprint density at radius 3 is 2.14 bits per heavy atom. The number of benzene rings is 1. The summed E-state index contributed by atoms with van der Waals surface area (Å²) in [5, 5.41) is 3.31. The summed E-state index contributed by atoms with van der Waals surface area (Å²) in [6.07, 6.45) is 0. The number of aryl methyl sites for hydroxylation is 2. The van der Waals surface area contributed by atoms with Crippen LogP contribution in [0.1, 0.15) is 29.9 Å². The second-order valence-electron chi connectivity index (χ2n) is 4.95. The lowest BCUT2D eigenvalue weighted by Crippen LogP contribution is -2.10. The number of nitrogens with one attached hydrogen (secondary N) is 1. The van der Waals surface area contributed by atoms with E-state index < -0.39 is 0 Å². The Morgan fingerprint density at radius 2 is 1.57 bits per heavy atom. The van der Waals surface area contributed by atoms with Gasteiger partial charge >= 0.3 is 0 Å². The number of aromatic nitrogens is 2. The molecular formula is C16H21N3O2. The van der Waals surface area contributed by atoms with Gasteiger partial charge < -0.3 is 14.8 Å². The smallest absolute Gasteiger partial charge is 0.223 e. The van der Waals surface area contributed by atoms with Crippen molar-refractivity contribution in [2.75, 3.05) is 19.5 Å². The largest absolute Gasteiger partial charge is 0.493 e. The van der Waals surface area contributed by atoms with Crippen molar-refractivity contribution in [2.24, 2.45) is 0 Å². The van der Waals surface area contributed by atoms with Crippen LogP contribution in [-0.4, -0.2) is 24.2 Å². The van der Waals surface area contributed by atoms with Gasteiger partial charge in [0.05, 0.1) is 20.3 Å². The topological polar surface area (TPSA) is 56.3 Å². The third kappa shape index (κ3) is 3.62. The fourth-order valence-electron chi connectivity index (χ4n) is 2.19. The van der Waals surface area contributed by atoms with E-state index in [1.54, 1.807) is 14.2 Å². The van der Waals surface area contributed by atoms with Gasteiger partial charge in [0.1, 0.15) is 0 Å².